The maximum atomic E-state index is 11.6. The number of carboxylic acid groups (broad SMARTS) is 1. The molecule has 7 nitrogen and oxygen atoms in total. The molecule has 0 saturated heterocycles. The molecule has 5 N–H and O–H groups in total. The summed E-state index contributed by atoms with van der Waals surface area (Å²) in [5.74, 6) is -1.35. The number of aryl methyl sites for hydroxylation is 1. The van der Waals surface area contributed by atoms with Crippen molar-refractivity contribution in [2.75, 3.05) is 5.73 Å². The highest BCUT2D eigenvalue weighted by molar-refractivity contribution is 6.11. The zero-order valence-corrected chi connectivity index (χ0v) is 11.0. The quantitative estimate of drug-likeness (QED) is 0.362. The van der Waals surface area contributed by atoms with Crippen molar-refractivity contribution in [1.82, 2.24) is 5.32 Å². The normalized spacial score (nSPS) is 10.9. The summed E-state index contributed by atoms with van der Waals surface area (Å²) in [7, 11) is 0. The zero-order chi connectivity index (χ0) is 15.1. The third-order valence-electron chi connectivity index (χ3n) is 2.53. The number of nitrogens with two attached hydrogens (primary N) is 1. The van der Waals surface area contributed by atoms with Gasteiger partial charge in [-0.2, -0.15) is 0 Å². The van der Waals surface area contributed by atoms with Crippen molar-refractivity contribution in [1.29, 1.82) is 5.41 Å². The van der Waals surface area contributed by atoms with Crippen LogP contribution in [0, 0.1) is 12.3 Å². The number of nitrogens with one attached hydrogen (secondary N) is 2. The van der Waals surface area contributed by atoms with E-state index in [1.165, 1.54) is 0 Å². The Labute approximate surface area is 116 Å². The number of hydrogen-bond donors (Lipinski definition) is 4. The third kappa shape index (κ3) is 4.52. The van der Waals surface area contributed by atoms with Crippen LogP contribution in [0.1, 0.15) is 24.0 Å². The van der Waals surface area contributed by atoms with Gasteiger partial charge in [-0.15, -0.1) is 0 Å². The summed E-state index contributed by atoms with van der Waals surface area (Å²) in [6, 6.07) is 5.12. The molecule has 0 atom stereocenters. The van der Waals surface area contributed by atoms with Gasteiger partial charge in [0.15, 0.2) is 0 Å². The fourth-order valence-electron chi connectivity index (χ4n) is 1.54. The van der Waals surface area contributed by atoms with E-state index in [1.54, 1.807) is 18.2 Å². The van der Waals surface area contributed by atoms with Crippen molar-refractivity contribution in [3.05, 3.63) is 29.3 Å². The smallest absolute Gasteiger partial charge is 0.303 e. The second kappa shape index (κ2) is 7.03. The standard InChI is InChI=1S/C13H16N4O3/c1-8-2-3-9(15)6-10(8)13(16-7-14)17-11(18)4-5-12(19)20/h2-3,6-7H,4-5,15H2,1H3,(H,19,20)(H2,14,16,17,18). The molecule has 0 aliphatic heterocycles. The maximum Gasteiger partial charge on any atom is 0.303 e. The molecule has 0 aliphatic rings. The summed E-state index contributed by atoms with van der Waals surface area (Å²) in [5, 5.41) is 18.1. The van der Waals surface area contributed by atoms with Crippen molar-refractivity contribution in [3.8, 4) is 0 Å². The topological polar surface area (TPSA) is 129 Å². The Kier molecular flexibility index (Phi) is 5.40. The van der Waals surface area contributed by atoms with Crippen LogP contribution in [0.5, 0.6) is 0 Å². The Morgan fingerprint density at radius 2 is 2.15 bits per heavy atom. The van der Waals surface area contributed by atoms with E-state index in [2.05, 4.69) is 10.3 Å². The second-order valence-electron chi connectivity index (χ2n) is 4.12. The molecule has 0 unspecified atom stereocenters. The van der Waals surface area contributed by atoms with Crippen LogP contribution in [0.4, 0.5) is 5.69 Å². The molecule has 1 rings (SSSR count). The van der Waals surface area contributed by atoms with Crippen LogP contribution in [0.2, 0.25) is 0 Å². The number of carbonyl (C=O) groups is 2. The number of carboxylic acids is 1. The van der Waals surface area contributed by atoms with E-state index in [0.29, 0.717) is 11.3 Å². The van der Waals surface area contributed by atoms with Crippen LogP contribution < -0.4 is 11.1 Å². The molecule has 1 aromatic rings. The molecular formula is C13H16N4O3. The molecule has 1 aromatic carbocycles. The summed E-state index contributed by atoms with van der Waals surface area (Å²) in [6.07, 6.45) is 0.378. The molecule has 0 saturated carbocycles. The third-order valence-corrected chi connectivity index (χ3v) is 2.53. The number of hydrogen-bond acceptors (Lipinski definition) is 4. The van der Waals surface area contributed by atoms with Gasteiger partial charge in [0.2, 0.25) is 5.91 Å². The lowest BCUT2D eigenvalue weighted by atomic mass is 10.1. The number of nitrogen functional groups attached to an aromatic ring is 1. The van der Waals surface area contributed by atoms with Crippen LogP contribution in [0.15, 0.2) is 23.2 Å². The first-order valence-electron chi connectivity index (χ1n) is 5.89. The minimum Gasteiger partial charge on any atom is -0.481 e. The Bertz CT molecular complexity index is 567. The Morgan fingerprint density at radius 1 is 1.45 bits per heavy atom. The highest BCUT2D eigenvalue weighted by Crippen LogP contribution is 2.13. The Balaban J connectivity index is 2.93. The highest BCUT2D eigenvalue weighted by atomic mass is 16.4. The van der Waals surface area contributed by atoms with Gasteiger partial charge in [0.25, 0.3) is 0 Å². The summed E-state index contributed by atoms with van der Waals surface area (Å²) in [6.45, 7) is 1.82. The number of benzene rings is 1. The molecular weight excluding hydrogens is 260 g/mol. The van der Waals surface area contributed by atoms with Gasteiger partial charge in [-0.25, -0.2) is 4.99 Å². The van der Waals surface area contributed by atoms with Gasteiger partial charge < -0.3 is 16.2 Å². The maximum absolute atomic E-state index is 11.6. The monoisotopic (exact) mass is 276 g/mol. The molecule has 0 aliphatic carbocycles. The molecule has 0 spiro atoms. The SMILES string of the molecule is Cc1ccc(N)cc1C(=NC=N)NC(=O)CCC(=O)O. The van der Waals surface area contributed by atoms with Crippen LogP contribution >= 0.6 is 0 Å². The van der Waals surface area contributed by atoms with Crippen LogP contribution in [-0.4, -0.2) is 29.2 Å². The number of aliphatic imine (C=N–C) groups is 1. The number of aliphatic carboxylic acids is 1. The minimum absolute atomic E-state index is 0.159. The minimum atomic E-state index is -1.05. The fourth-order valence-corrected chi connectivity index (χ4v) is 1.54. The van der Waals surface area contributed by atoms with E-state index in [0.717, 1.165) is 11.9 Å². The first kappa shape index (κ1) is 15.4. The largest absolute Gasteiger partial charge is 0.481 e. The molecule has 0 heterocycles. The summed E-state index contributed by atoms with van der Waals surface area (Å²) >= 11 is 0. The van der Waals surface area contributed by atoms with E-state index in [1.807, 2.05) is 6.92 Å². The van der Waals surface area contributed by atoms with Gasteiger partial charge >= 0.3 is 5.97 Å². The van der Waals surface area contributed by atoms with Gasteiger partial charge in [-0.1, -0.05) is 6.07 Å². The highest BCUT2D eigenvalue weighted by Gasteiger charge is 2.12. The van der Waals surface area contributed by atoms with Crippen LogP contribution in [-0.2, 0) is 9.59 Å². The predicted octanol–water partition coefficient (Wildman–Crippen LogP) is 0.912. The predicted molar refractivity (Wildman–Crippen MR) is 75.9 cm³/mol. The van der Waals surface area contributed by atoms with Gasteiger partial charge in [0, 0.05) is 17.7 Å². The lowest BCUT2D eigenvalue weighted by Gasteiger charge is -2.11. The number of amidine groups is 1. The first-order valence-corrected chi connectivity index (χ1v) is 5.89. The summed E-state index contributed by atoms with van der Waals surface area (Å²) in [4.78, 5) is 25.8. The lowest BCUT2D eigenvalue weighted by Crippen LogP contribution is -2.32. The van der Waals surface area contributed by atoms with Gasteiger partial charge in [0.05, 0.1) is 6.42 Å². The fraction of sp³-hybridized carbons (Fsp3) is 0.231. The molecule has 20 heavy (non-hydrogen) atoms. The van der Waals surface area contributed by atoms with Gasteiger partial charge in [-0.05, 0) is 24.6 Å². The van der Waals surface area contributed by atoms with Crippen molar-refractivity contribution in [2.45, 2.75) is 19.8 Å². The van der Waals surface area contributed by atoms with E-state index in [4.69, 9.17) is 16.2 Å². The Morgan fingerprint density at radius 3 is 2.75 bits per heavy atom. The van der Waals surface area contributed by atoms with E-state index < -0.39 is 11.9 Å². The van der Waals surface area contributed by atoms with Crippen LogP contribution in [0.3, 0.4) is 0 Å². The van der Waals surface area contributed by atoms with Crippen LogP contribution in [0.25, 0.3) is 0 Å². The van der Waals surface area contributed by atoms with E-state index in [-0.39, 0.29) is 18.7 Å². The lowest BCUT2D eigenvalue weighted by molar-refractivity contribution is -0.138. The number of amides is 1. The zero-order valence-electron chi connectivity index (χ0n) is 11.0. The molecule has 0 fully saturated rings. The molecule has 106 valence electrons. The van der Waals surface area contributed by atoms with E-state index in [9.17, 15) is 9.59 Å². The number of anilines is 1. The number of rotatable bonds is 5. The second-order valence-corrected chi connectivity index (χ2v) is 4.12. The first-order chi connectivity index (χ1) is 9.43. The van der Waals surface area contributed by atoms with Crippen molar-refractivity contribution in [2.24, 2.45) is 4.99 Å². The molecule has 7 heteroatoms. The van der Waals surface area contributed by atoms with Gasteiger partial charge in [-0.3, -0.25) is 15.0 Å². The van der Waals surface area contributed by atoms with Crippen molar-refractivity contribution in [3.63, 3.8) is 0 Å². The van der Waals surface area contributed by atoms with Crippen molar-refractivity contribution >= 4 is 29.7 Å². The molecule has 0 aromatic heterocycles. The Hall–Kier alpha value is -2.70. The van der Waals surface area contributed by atoms with Crippen molar-refractivity contribution < 1.29 is 14.7 Å². The number of carbonyl (C=O) groups excluding carboxylic acids is 1. The summed E-state index contributed by atoms with van der Waals surface area (Å²) in [5.41, 5.74) is 7.62. The molecule has 0 radical (unpaired) electrons. The molecule has 1 amide bonds. The average molecular weight is 276 g/mol. The van der Waals surface area contributed by atoms with Gasteiger partial charge in [0.1, 0.15) is 12.2 Å². The molecule has 0 bridgehead atoms. The van der Waals surface area contributed by atoms with E-state index >= 15 is 0 Å². The number of nitrogens with zero attached hydrogens (tertiary/aromatic N) is 1. The average Bonchev–Trinajstić information content (AvgIpc) is 2.39. The summed E-state index contributed by atoms with van der Waals surface area (Å²) < 4.78 is 0.